The van der Waals surface area contributed by atoms with Crippen molar-refractivity contribution in [2.24, 2.45) is 0 Å². The molecular weight excluding hydrogens is 557 g/mol. The molecule has 0 radical (unpaired) electrons. The maximum Gasteiger partial charge on any atom is 0.273 e. The summed E-state index contributed by atoms with van der Waals surface area (Å²) in [5.74, 6) is -0.126. The molecule has 1 amide bonds. The van der Waals surface area contributed by atoms with Gasteiger partial charge in [-0.05, 0) is 63.5 Å². The van der Waals surface area contributed by atoms with Crippen molar-refractivity contribution in [1.29, 1.82) is 0 Å². The predicted molar refractivity (Wildman–Crippen MR) is 136 cm³/mol. The van der Waals surface area contributed by atoms with E-state index in [2.05, 4.69) is 26.1 Å². The van der Waals surface area contributed by atoms with E-state index in [0.29, 0.717) is 42.6 Å². The molecule has 0 bridgehead atoms. The third-order valence-corrected chi connectivity index (χ3v) is 7.17. The predicted octanol–water partition coefficient (Wildman–Crippen LogP) is 6.31. The van der Waals surface area contributed by atoms with Crippen molar-refractivity contribution in [2.75, 3.05) is 7.11 Å². The lowest BCUT2D eigenvalue weighted by Gasteiger charge is -2.27. The second-order valence-corrected chi connectivity index (χ2v) is 9.70. The number of methoxy groups -OCH3 is 1. The number of benzene rings is 3. The first-order chi connectivity index (χ1) is 16.8. The van der Waals surface area contributed by atoms with Gasteiger partial charge in [-0.15, -0.1) is 0 Å². The second kappa shape index (κ2) is 9.11. The van der Waals surface area contributed by atoms with Gasteiger partial charge < -0.3 is 19.8 Å². The van der Waals surface area contributed by atoms with Crippen molar-refractivity contribution >= 4 is 45.0 Å². The molecule has 7 nitrogen and oxygen atoms in total. The molecule has 4 aromatic rings. The number of phenols is 2. The number of aromatic amines is 1. The van der Waals surface area contributed by atoms with Crippen LogP contribution in [0.5, 0.6) is 17.2 Å². The number of H-pyrrole nitrogens is 1. The highest BCUT2D eigenvalue weighted by molar-refractivity contribution is 9.10. The zero-order chi connectivity index (χ0) is 24.9. The number of phenolic OH excluding ortho intramolecular Hbond substituents is 2. The number of amides is 1. The Hall–Kier alpha value is -3.20. The number of aromatic nitrogens is 2. The van der Waals surface area contributed by atoms with Crippen LogP contribution in [-0.2, 0) is 6.54 Å². The average Bonchev–Trinajstić information content (AvgIpc) is 3.38. The zero-order valence-corrected chi connectivity index (χ0v) is 21.3. The molecule has 3 N–H and O–H groups in total. The Morgan fingerprint density at radius 1 is 1.14 bits per heavy atom. The summed E-state index contributed by atoms with van der Waals surface area (Å²) in [6, 6.07) is 14.7. The standard InChI is InChI=1S/C25H18BrCl2N3O4/c1-35-19-9-13(8-16(26)24(19)33)23-20-21(15-10-14(27)6-7-18(15)32)29-30-22(20)25(34)31(23)11-12-4-2-3-5-17(12)28/h2-10,23,32-33H,11H2,1H3,(H,29,30). The summed E-state index contributed by atoms with van der Waals surface area (Å²) in [6.07, 6.45) is 0. The quantitative estimate of drug-likeness (QED) is 0.259. The van der Waals surface area contributed by atoms with E-state index < -0.39 is 6.04 Å². The van der Waals surface area contributed by atoms with E-state index >= 15 is 0 Å². The number of hydrogen-bond donors (Lipinski definition) is 3. The Balaban J connectivity index is 1.73. The molecule has 1 aromatic heterocycles. The number of ether oxygens (including phenoxy) is 1. The van der Waals surface area contributed by atoms with Gasteiger partial charge in [0.25, 0.3) is 5.91 Å². The van der Waals surface area contributed by atoms with Gasteiger partial charge in [0.15, 0.2) is 11.5 Å². The highest BCUT2D eigenvalue weighted by Gasteiger charge is 2.43. The normalized spacial score (nSPS) is 14.9. The summed E-state index contributed by atoms with van der Waals surface area (Å²) in [4.78, 5) is 15.3. The minimum absolute atomic E-state index is 0.0241. The molecule has 35 heavy (non-hydrogen) atoms. The van der Waals surface area contributed by atoms with Gasteiger partial charge in [0.1, 0.15) is 17.1 Å². The van der Waals surface area contributed by atoms with E-state index in [1.54, 1.807) is 35.2 Å². The maximum atomic E-state index is 13.6. The molecule has 3 aromatic carbocycles. The first kappa shape index (κ1) is 23.5. The molecule has 1 aliphatic heterocycles. The minimum atomic E-state index is -0.633. The van der Waals surface area contributed by atoms with Gasteiger partial charge in [0.05, 0.1) is 17.6 Å². The molecule has 1 unspecified atom stereocenters. The van der Waals surface area contributed by atoms with E-state index in [9.17, 15) is 15.0 Å². The van der Waals surface area contributed by atoms with Gasteiger partial charge in [-0.25, -0.2) is 0 Å². The summed E-state index contributed by atoms with van der Waals surface area (Å²) in [5, 5.41) is 29.1. The van der Waals surface area contributed by atoms with Crippen molar-refractivity contribution < 1.29 is 19.7 Å². The number of nitrogens with one attached hydrogen (secondary N) is 1. The summed E-state index contributed by atoms with van der Waals surface area (Å²) >= 11 is 16.0. The Kier molecular flexibility index (Phi) is 6.13. The minimum Gasteiger partial charge on any atom is -0.507 e. The third kappa shape index (κ3) is 4.01. The first-order valence-electron chi connectivity index (χ1n) is 10.5. The fourth-order valence-electron chi connectivity index (χ4n) is 4.33. The highest BCUT2D eigenvalue weighted by atomic mass is 79.9. The lowest BCUT2D eigenvalue weighted by Crippen LogP contribution is -2.29. The summed E-state index contributed by atoms with van der Waals surface area (Å²) in [7, 11) is 1.45. The van der Waals surface area contributed by atoms with Crippen LogP contribution < -0.4 is 4.74 Å². The largest absolute Gasteiger partial charge is 0.507 e. The van der Waals surface area contributed by atoms with E-state index in [1.165, 1.54) is 13.2 Å². The molecule has 1 aliphatic rings. The smallest absolute Gasteiger partial charge is 0.273 e. The fraction of sp³-hybridized carbons (Fsp3) is 0.120. The SMILES string of the molecule is COc1cc(C2c3c(-c4cc(Cl)ccc4O)n[nH]c3C(=O)N2Cc2ccccc2Cl)cc(Br)c1O. The van der Waals surface area contributed by atoms with E-state index in [4.69, 9.17) is 27.9 Å². The number of halogens is 3. The average molecular weight is 575 g/mol. The number of nitrogens with zero attached hydrogens (tertiary/aromatic N) is 2. The number of carbonyl (C=O) groups excluding carboxylic acids is 1. The lowest BCUT2D eigenvalue weighted by molar-refractivity contribution is 0.0730. The lowest BCUT2D eigenvalue weighted by atomic mass is 9.95. The number of carbonyl (C=O) groups is 1. The molecular formula is C25H18BrCl2N3O4. The van der Waals surface area contributed by atoms with Crippen LogP contribution in [-0.4, -0.2) is 38.3 Å². The Labute approximate surface area is 219 Å². The molecule has 1 atom stereocenters. The molecule has 10 heteroatoms. The van der Waals surface area contributed by atoms with E-state index in [0.717, 1.165) is 5.56 Å². The Bertz CT molecular complexity index is 1470. The fourth-order valence-corrected chi connectivity index (χ4v) is 5.15. The van der Waals surface area contributed by atoms with Crippen LogP contribution in [0.2, 0.25) is 10.0 Å². The van der Waals surface area contributed by atoms with Crippen LogP contribution in [0.1, 0.15) is 33.2 Å². The molecule has 0 spiro atoms. The van der Waals surface area contributed by atoms with E-state index in [-0.39, 0.29) is 29.7 Å². The Morgan fingerprint density at radius 2 is 1.91 bits per heavy atom. The number of aromatic hydroxyl groups is 2. The van der Waals surface area contributed by atoms with Crippen LogP contribution in [0.15, 0.2) is 59.1 Å². The van der Waals surface area contributed by atoms with Crippen molar-refractivity contribution in [3.63, 3.8) is 0 Å². The molecule has 0 saturated carbocycles. The van der Waals surface area contributed by atoms with Crippen LogP contribution in [0.4, 0.5) is 0 Å². The molecule has 0 aliphatic carbocycles. The van der Waals surface area contributed by atoms with Gasteiger partial charge in [-0.1, -0.05) is 41.4 Å². The monoisotopic (exact) mass is 573 g/mol. The van der Waals surface area contributed by atoms with Crippen LogP contribution in [0, 0.1) is 0 Å². The molecule has 178 valence electrons. The van der Waals surface area contributed by atoms with Crippen molar-refractivity contribution in [3.8, 4) is 28.5 Å². The number of rotatable bonds is 5. The van der Waals surface area contributed by atoms with Crippen LogP contribution in [0.3, 0.4) is 0 Å². The molecule has 2 heterocycles. The number of hydrogen-bond acceptors (Lipinski definition) is 5. The van der Waals surface area contributed by atoms with Crippen molar-refractivity contribution in [1.82, 2.24) is 15.1 Å². The van der Waals surface area contributed by atoms with Gasteiger partial charge in [-0.3, -0.25) is 9.89 Å². The van der Waals surface area contributed by atoms with Crippen molar-refractivity contribution in [3.05, 3.63) is 91.5 Å². The summed E-state index contributed by atoms with van der Waals surface area (Å²) in [5.41, 5.74) is 3.07. The first-order valence-corrected chi connectivity index (χ1v) is 12.0. The zero-order valence-electron chi connectivity index (χ0n) is 18.2. The van der Waals surface area contributed by atoms with Gasteiger partial charge in [-0.2, -0.15) is 5.10 Å². The van der Waals surface area contributed by atoms with Gasteiger partial charge >= 0.3 is 0 Å². The Morgan fingerprint density at radius 3 is 2.66 bits per heavy atom. The third-order valence-electron chi connectivity index (χ3n) is 5.96. The summed E-state index contributed by atoms with van der Waals surface area (Å²) in [6.45, 7) is 0.216. The van der Waals surface area contributed by atoms with E-state index in [1.807, 2.05) is 18.2 Å². The van der Waals surface area contributed by atoms with Gasteiger partial charge in [0.2, 0.25) is 0 Å². The second-order valence-electron chi connectivity index (χ2n) is 8.00. The van der Waals surface area contributed by atoms with Crippen LogP contribution in [0.25, 0.3) is 11.3 Å². The van der Waals surface area contributed by atoms with Crippen molar-refractivity contribution in [2.45, 2.75) is 12.6 Å². The molecule has 5 rings (SSSR count). The highest BCUT2D eigenvalue weighted by Crippen LogP contribution is 2.48. The van der Waals surface area contributed by atoms with Gasteiger partial charge in [0, 0.05) is 27.7 Å². The number of fused-ring (bicyclic) bond motifs is 1. The maximum absolute atomic E-state index is 13.6. The molecule has 0 fully saturated rings. The molecule has 0 saturated heterocycles. The van der Waals surface area contributed by atoms with Crippen LogP contribution >= 0.6 is 39.1 Å². The topological polar surface area (TPSA) is 98.7 Å². The summed E-state index contributed by atoms with van der Waals surface area (Å²) < 4.78 is 5.76.